The fourth-order valence-corrected chi connectivity index (χ4v) is 6.72. The van der Waals surface area contributed by atoms with Gasteiger partial charge in [-0.15, -0.1) is 22.7 Å². The third-order valence-corrected chi connectivity index (χ3v) is 8.89. The van der Waals surface area contributed by atoms with Crippen LogP contribution in [0, 0.1) is 13.8 Å². The van der Waals surface area contributed by atoms with E-state index in [1.165, 1.54) is 15.9 Å². The summed E-state index contributed by atoms with van der Waals surface area (Å²) < 4.78 is 2.24. The van der Waals surface area contributed by atoms with Gasteiger partial charge in [0, 0.05) is 10.4 Å². The number of aromatic nitrogens is 2. The van der Waals surface area contributed by atoms with Crippen molar-refractivity contribution in [2.24, 2.45) is 0 Å². The van der Waals surface area contributed by atoms with E-state index in [1.54, 1.807) is 24.3 Å². The summed E-state index contributed by atoms with van der Waals surface area (Å²) in [5.74, 6) is -0.165. The highest BCUT2D eigenvalue weighted by atomic mass is 35.5. The maximum Gasteiger partial charge on any atom is 0.267 e. The lowest BCUT2D eigenvalue weighted by molar-refractivity contribution is 0.102. The highest BCUT2D eigenvalue weighted by Crippen LogP contribution is 2.34. The van der Waals surface area contributed by atoms with Crippen LogP contribution in [-0.4, -0.2) is 21.1 Å². The molecule has 0 aliphatic heterocycles. The monoisotopic (exact) mass is 548 g/mol. The van der Waals surface area contributed by atoms with E-state index in [4.69, 9.17) is 51.4 Å². The Bertz CT molecular complexity index is 1410. The van der Waals surface area contributed by atoms with E-state index in [2.05, 4.69) is 0 Å². The summed E-state index contributed by atoms with van der Waals surface area (Å²) in [7, 11) is 0. The number of Topliss-reactive ketones (excluding diaryl/α,β-unsaturated/α-hetero) is 1. The first-order valence-electron chi connectivity index (χ1n) is 8.76. The highest BCUT2D eigenvalue weighted by Gasteiger charge is 2.21. The third-order valence-electron chi connectivity index (χ3n) is 4.62. The Kier molecular flexibility index (Phi) is 6.75. The van der Waals surface area contributed by atoms with Crippen molar-refractivity contribution in [2.75, 3.05) is 5.75 Å². The number of hydrogen-bond acceptors (Lipinski definition) is 6. The van der Waals surface area contributed by atoms with Gasteiger partial charge in [0.15, 0.2) is 10.9 Å². The molecule has 1 aromatic carbocycles. The van der Waals surface area contributed by atoms with Crippen molar-refractivity contribution < 1.29 is 4.79 Å². The number of halogens is 4. The van der Waals surface area contributed by atoms with Crippen LogP contribution in [-0.2, 0) is 0 Å². The molecule has 0 aliphatic rings. The van der Waals surface area contributed by atoms with Crippen molar-refractivity contribution in [3.05, 3.63) is 69.3 Å². The van der Waals surface area contributed by atoms with Gasteiger partial charge in [0.25, 0.3) is 5.56 Å². The minimum atomic E-state index is -0.225. The molecular weight excluding hydrogens is 538 g/mol. The topological polar surface area (TPSA) is 52.0 Å². The fraction of sp³-hybridized carbons (Fsp3) is 0.150. The molecule has 0 amide bonds. The van der Waals surface area contributed by atoms with Crippen molar-refractivity contribution in [3.8, 4) is 5.69 Å². The number of nitrogens with zero attached hydrogens (tertiary/aromatic N) is 2. The molecule has 0 bridgehead atoms. The molecule has 3 aromatic heterocycles. The van der Waals surface area contributed by atoms with Gasteiger partial charge in [-0.1, -0.05) is 58.2 Å². The predicted octanol–water partition coefficient (Wildman–Crippen LogP) is 7.71. The van der Waals surface area contributed by atoms with Gasteiger partial charge in [-0.3, -0.25) is 14.2 Å². The number of rotatable bonds is 5. The normalized spacial score (nSPS) is 11.4. The number of aryl methyl sites for hydroxylation is 2. The molecule has 160 valence electrons. The summed E-state index contributed by atoms with van der Waals surface area (Å²) >= 11 is 28.1. The number of ketones is 1. The van der Waals surface area contributed by atoms with Crippen molar-refractivity contribution in [1.82, 2.24) is 9.55 Å². The zero-order chi connectivity index (χ0) is 22.4. The molecule has 11 heteroatoms. The van der Waals surface area contributed by atoms with Crippen molar-refractivity contribution in [2.45, 2.75) is 19.0 Å². The lowest BCUT2D eigenvalue weighted by Crippen LogP contribution is -2.22. The molecule has 4 nitrogen and oxygen atoms in total. The minimum absolute atomic E-state index is 0.0371. The smallest absolute Gasteiger partial charge is 0.267 e. The molecule has 4 aromatic rings. The van der Waals surface area contributed by atoms with Crippen LogP contribution in [0.25, 0.3) is 15.9 Å². The average molecular weight is 550 g/mol. The van der Waals surface area contributed by atoms with Crippen LogP contribution in [0.4, 0.5) is 0 Å². The largest absolute Gasteiger partial charge is 0.293 e. The van der Waals surface area contributed by atoms with Gasteiger partial charge >= 0.3 is 0 Å². The number of benzene rings is 1. The Morgan fingerprint density at radius 1 is 1.10 bits per heavy atom. The van der Waals surface area contributed by atoms with Gasteiger partial charge in [0.1, 0.15) is 9.17 Å². The Balaban J connectivity index is 1.83. The number of fused-ring (bicyclic) bond motifs is 1. The predicted molar refractivity (Wildman–Crippen MR) is 134 cm³/mol. The lowest BCUT2D eigenvalue weighted by atomic mass is 10.2. The Labute approximate surface area is 209 Å². The van der Waals surface area contributed by atoms with Crippen LogP contribution < -0.4 is 5.56 Å². The number of thiophene rings is 2. The van der Waals surface area contributed by atoms with Gasteiger partial charge in [-0.25, -0.2) is 4.98 Å². The molecule has 0 unspecified atom stereocenters. The first kappa shape index (κ1) is 23.1. The van der Waals surface area contributed by atoms with Crippen LogP contribution in [0.3, 0.4) is 0 Å². The SMILES string of the molecule is Cc1sc2nc(SCC(=O)c3cc(Cl)sc3Cl)n(-c3ccc(Cl)c(Cl)c3)c(=O)c2c1C. The van der Waals surface area contributed by atoms with Crippen LogP contribution in [0.1, 0.15) is 20.8 Å². The van der Waals surface area contributed by atoms with Crippen molar-refractivity contribution >= 4 is 96.8 Å². The summed E-state index contributed by atoms with van der Waals surface area (Å²) in [5, 5.41) is 1.62. The minimum Gasteiger partial charge on any atom is -0.293 e. The van der Waals surface area contributed by atoms with Gasteiger partial charge in [0.2, 0.25) is 0 Å². The molecule has 4 rings (SSSR count). The Morgan fingerprint density at radius 2 is 1.84 bits per heavy atom. The van der Waals surface area contributed by atoms with Gasteiger partial charge in [-0.2, -0.15) is 0 Å². The lowest BCUT2D eigenvalue weighted by Gasteiger charge is -2.13. The van der Waals surface area contributed by atoms with E-state index in [1.807, 2.05) is 13.8 Å². The first-order valence-corrected chi connectivity index (χ1v) is 12.9. The molecular formula is C20H12Cl4N2O2S3. The number of carbonyl (C=O) groups is 1. The second kappa shape index (κ2) is 9.06. The van der Waals surface area contributed by atoms with Crippen LogP contribution in [0.15, 0.2) is 34.2 Å². The maximum atomic E-state index is 13.5. The van der Waals surface area contributed by atoms with Gasteiger partial charge < -0.3 is 0 Å². The van der Waals surface area contributed by atoms with Gasteiger partial charge in [0.05, 0.1) is 31.2 Å². The molecule has 0 N–H and O–H groups in total. The maximum absolute atomic E-state index is 13.5. The van der Waals surface area contributed by atoms with E-state index in [-0.39, 0.29) is 17.1 Å². The second-order valence-corrected chi connectivity index (χ2v) is 11.8. The van der Waals surface area contributed by atoms with E-state index < -0.39 is 0 Å². The summed E-state index contributed by atoms with van der Waals surface area (Å²) in [6, 6.07) is 6.47. The third kappa shape index (κ3) is 4.42. The van der Waals surface area contributed by atoms with E-state index in [0.717, 1.165) is 33.5 Å². The number of carbonyl (C=O) groups excluding carboxylic acids is 1. The zero-order valence-electron chi connectivity index (χ0n) is 16.0. The fourth-order valence-electron chi connectivity index (χ4n) is 2.96. The standard InChI is InChI=1S/C20H12Cl4N2O2S3/c1-8-9(2)30-18-16(8)19(28)26(10-3-4-12(21)13(22)5-10)20(25-18)29-7-14(27)11-6-15(23)31-17(11)24/h3-6H,7H2,1-2H3. The number of hydrogen-bond donors (Lipinski definition) is 0. The van der Waals surface area contributed by atoms with Crippen molar-refractivity contribution in [3.63, 3.8) is 0 Å². The molecule has 0 atom stereocenters. The van der Waals surface area contributed by atoms with Crippen LogP contribution >= 0.6 is 80.8 Å². The second-order valence-electron chi connectivity index (χ2n) is 6.55. The molecule has 0 saturated heterocycles. The Morgan fingerprint density at radius 3 is 2.48 bits per heavy atom. The number of thioether (sulfide) groups is 1. The molecule has 31 heavy (non-hydrogen) atoms. The quantitative estimate of drug-likeness (QED) is 0.145. The average Bonchev–Trinajstić information content (AvgIpc) is 3.20. The van der Waals surface area contributed by atoms with Crippen LogP contribution in [0.5, 0.6) is 0 Å². The molecule has 0 radical (unpaired) electrons. The molecule has 0 spiro atoms. The van der Waals surface area contributed by atoms with Gasteiger partial charge in [-0.05, 0) is 43.7 Å². The van der Waals surface area contributed by atoms with E-state index in [0.29, 0.717) is 45.3 Å². The highest BCUT2D eigenvalue weighted by molar-refractivity contribution is 7.99. The molecule has 3 heterocycles. The Hall–Kier alpha value is -1.06. The summed E-state index contributed by atoms with van der Waals surface area (Å²) in [6.07, 6.45) is 0. The van der Waals surface area contributed by atoms with Crippen LogP contribution in [0.2, 0.25) is 18.7 Å². The summed E-state index contributed by atoms with van der Waals surface area (Å²) in [6.45, 7) is 3.85. The summed E-state index contributed by atoms with van der Waals surface area (Å²) in [4.78, 5) is 32.5. The first-order chi connectivity index (χ1) is 14.7. The van der Waals surface area contributed by atoms with Crippen molar-refractivity contribution in [1.29, 1.82) is 0 Å². The molecule has 0 fully saturated rings. The molecule has 0 saturated carbocycles. The van der Waals surface area contributed by atoms with E-state index >= 15 is 0 Å². The summed E-state index contributed by atoms with van der Waals surface area (Å²) in [5.41, 5.74) is 1.54. The molecule has 0 aliphatic carbocycles. The van der Waals surface area contributed by atoms with E-state index in [9.17, 15) is 9.59 Å². The zero-order valence-corrected chi connectivity index (χ0v) is 21.4.